The first kappa shape index (κ1) is 12.6. The smallest absolute Gasteiger partial charge is 0.305 e. The topological polar surface area (TPSA) is 35.5 Å². The molecule has 0 aliphatic carbocycles. The van der Waals surface area contributed by atoms with Crippen molar-refractivity contribution in [2.75, 3.05) is 13.2 Å². The average molecular weight is 222 g/mol. The van der Waals surface area contributed by atoms with E-state index in [1.54, 1.807) is 6.92 Å². The summed E-state index contributed by atoms with van der Waals surface area (Å²) < 4.78 is 10.5. The molecule has 0 saturated carbocycles. The van der Waals surface area contributed by atoms with Gasteiger partial charge in [0.05, 0.1) is 13.2 Å². The van der Waals surface area contributed by atoms with Crippen LogP contribution in [-0.2, 0) is 16.0 Å². The molecule has 0 aromatic heterocycles. The minimum absolute atomic E-state index is 0.158. The lowest BCUT2D eigenvalue weighted by Gasteiger charge is -2.09. The van der Waals surface area contributed by atoms with E-state index in [0.717, 1.165) is 11.3 Å². The molecule has 1 rings (SSSR count). The lowest BCUT2D eigenvalue weighted by molar-refractivity contribution is -0.143. The molecule has 16 heavy (non-hydrogen) atoms. The molecule has 0 radical (unpaired) electrons. The fraction of sp³-hybridized carbons (Fsp3) is 0.462. The molecule has 0 N–H and O–H groups in total. The highest BCUT2D eigenvalue weighted by Gasteiger charge is 2.03. The van der Waals surface area contributed by atoms with Crippen LogP contribution >= 0.6 is 0 Å². The van der Waals surface area contributed by atoms with Gasteiger partial charge in [-0.2, -0.15) is 0 Å². The van der Waals surface area contributed by atoms with Crippen LogP contribution < -0.4 is 4.74 Å². The summed E-state index contributed by atoms with van der Waals surface area (Å²) in [5.74, 6) is 0.714. The summed E-state index contributed by atoms with van der Waals surface area (Å²) in [5.41, 5.74) is 1.08. The van der Waals surface area contributed by atoms with Gasteiger partial charge >= 0.3 is 5.97 Å². The van der Waals surface area contributed by atoms with Crippen molar-refractivity contribution in [2.45, 2.75) is 26.7 Å². The van der Waals surface area contributed by atoms with E-state index < -0.39 is 0 Å². The largest absolute Gasteiger partial charge is 0.494 e. The van der Waals surface area contributed by atoms with E-state index in [0.29, 0.717) is 26.1 Å². The maximum absolute atomic E-state index is 11.0. The third-order valence-corrected chi connectivity index (χ3v) is 2.20. The van der Waals surface area contributed by atoms with E-state index in [-0.39, 0.29) is 5.97 Å². The lowest BCUT2D eigenvalue weighted by Crippen LogP contribution is -2.07. The Morgan fingerprint density at radius 2 is 2.00 bits per heavy atom. The Morgan fingerprint density at radius 3 is 2.69 bits per heavy atom. The number of benzene rings is 1. The van der Waals surface area contributed by atoms with Crippen molar-refractivity contribution in [1.29, 1.82) is 0 Å². The van der Waals surface area contributed by atoms with Gasteiger partial charge in [-0.1, -0.05) is 25.1 Å². The van der Waals surface area contributed by atoms with E-state index in [4.69, 9.17) is 9.47 Å². The Kier molecular flexibility index (Phi) is 5.40. The zero-order chi connectivity index (χ0) is 11.8. The van der Waals surface area contributed by atoms with Crippen molar-refractivity contribution >= 4 is 5.97 Å². The van der Waals surface area contributed by atoms with E-state index in [1.807, 2.05) is 31.2 Å². The van der Waals surface area contributed by atoms with Gasteiger partial charge in [-0.15, -0.1) is 0 Å². The van der Waals surface area contributed by atoms with Gasteiger partial charge in [0.15, 0.2) is 0 Å². The number of para-hydroxylation sites is 1. The lowest BCUT2D eigenvalue weighted by atomic mass is 10.1. The van der Waals surface area contributed by atoms with Crippen LogP contribution in [0.1, 0.15) is 25.8 Å². The van der Waals surface area contributed by atoms with Crippen LogP contribution in [0.5, 0.6) is 5.75 Å². The van der Waals surface area contributed by atoms with Crippen LogP contribution in [0, 0.1) is 0 Å². The molecule has 1 aromatic carbocycles. The van der Waals surface area contributed by atoms with Crippen molar-refractivity contribution in [2.24, 2.45) is 0 Å². The van der Waals surface area contributed by atoms with Gasteiger partial charge in [0.25, 0.3) is 0 Å². The Hall–Kier alpha value is -1.51. The summed E-state index contributed by atoms with van der Waals surface area (Å²) in [6.07, 6.45) is 1.12. The number of ether oxygens (including phenoxy) is 2. The van der Waals surface area contributed by atoms with Crippen LogP contribution in [0.25, 0.3) is 0 Å². The van der Waals surface area contributed by atoms with Crippen molar-refractivity contribution in [3.05, 3.63) is 29.8 Å². The van der Waals surface area contributed by atoms with Crippen LogP contribution in [-0.4, -0.2) is 19.2 Å². The molecule has 1 aromatic rings. The quantitative estimate of drug-likeness (QED) is 0.694. The number of esters is 1. The molecule has 0 spiro atoms. The highest BCUT2D eigenvalue weighted by Crippen LogP contribution is 2.18. The van der Waals surface area contributed by atoms with Crippen molar-refractivity contribution in [3.63, 3.8) is 0 Å². The molecule has 0 aliphatic rings. The molecule has 0 amide bonds. The Balaban J connectivity index is 2.49. The first-order chi connectivity index (χ1) is 7.77. The molecule has 0 saturated heterocycles. The summed E-state index contributed by atoms with van der Waals surface area (Å²) in [6, 6.07) is 7.82. The van der Waals surface area contributed by atoms with Crippen molar-refractivity contribution < 1.29 is 14.3 Å². The summed E-state index contributed by atoms with van der Waals surface area (Å²) in [5, 5.41) is 0. The molecular weight excluding hydrogens is 204 g/mol. The molecule has 88 valence electrons. The van der Waals surface area contributed by atoms with Gasteiger partial charge in [-0.05, 0) is 18.6 Å². The summed E-state index contributed by atoms with van der Waals surface area (Å²) in [6.45, 7) is 4.80. The van der Waals surface area contributed by atoms with E-state index in [1.165, 1.54) is 0 Å². The first-order valence-electron chi connectivity index (χ1n) is 5.64. The molecule has 0 atom stereocenters. The Labute approximate surface area is 96.4 Å². The van der Waals surface area contributed by atoms with Crippen LogP contribution in [0.15, 0.2) is 24.3 Å². The van der Waals surface area contributed by atoms with Gasteiger partial charge in [-0.25, -0.2) is 0 Å². The fourth-order valence-corrected chi connectivity index (χ4v) is 1.38. The summed E-state index contributed by atoms with van der Waals surface area (Å²) in [4.78, 5) is 11.0. The van der Waals surface area contributed by atoms with Crippen LogP contribution in [0.4, 0.5) is 0 Å². The SMILES string of the molecule is CCOc1ccccc1CCOC(=O)CC. The summed E-state index contributed by atoms with van der Waals surface area (Å²) in [7, 11) is 0. The molecule has 3 nitrogen and oxygen atoms in total. The highest BCUT2D eigenvalue weighted by atomic mass is 16.5. The van der Waals surface area contributed by atoms with Crippen LogP contribution in [0.2, 0.25) is 0 Å². The van der Waals surface area contributed by atoms with Gasteiger partial charge in [0, 0.05) is 12.8 Å². The fourth-order valence-electron chi connectivity index (χ4n) is 1.38. The summed E-state index contributed by atoms with van der Waals surface area (Å²) >= 11 is 0. The standard InChI is InChI=1S/C13H18O3/c1-3-13(14)16-10-9-11-7-5-6-8-12(11)15-4-2/h5-8H,3-4,9-10H2,1-2H3. The predicted octanol–water partition coefficient (Wildman–Crippen LogP) is 2.58. The normalized spacial score (nSPS) is 9.88. The van der Waals surface area contributed by atoms with E-state index >= 15 is 0 Å². The van der Waals surface area contributed by atoms with Gasteiger partial charge < -0.3 is 9.47 Å². The first-order valence-corrected chi connectivity index (χ1v) is 5.64. The maximum Gasteiger partial charge on any atom is 0.305 e. The Bertz CT molecular complexity index is 334. The molecular formula is C13H18O3. The van der Waals surface area contributed by atoms with Gasteiger partial charge in [-0.3, -0.25) is 4.79 Å². The second-order valence-corrected chi connectivity index (χ2v) is 3.36. The number of hydrogen-bond acceptors (Lipinski definition) is 3. The minimum Gasteiger partial charge on any atom is -0.494 e. The Morgan fingerprint density at radius 1 is 1.25 bits per heavy atom. The van der Waals surface area contributed by atoms with Gasteiger partial charge in [0.1, 0.15) is 5.75 Å². The molecule has 0 unspecified atom stereocenters. The minimum atomic E-state index is -0.158. The monoisotopic (exact) mass is 222 g/mol. The number of rotatable bonds is 6. The third kappa shape index (κ3) is 3.93. The molecule has 0 bridgehead atoms. The zero-order valence-electron chi connectivity index (χ0n) is 9.86. The van der Waals surface area contributed by atoms with E-state index in [9.17, 15) is 4.79 Å². The number of carbonyl (C=O) groups excluding carboxylic acids is 1. The molecule has 0 aliphatic heterocycles. The molecule has 0 heterocycles. The second-order valence-electron chi connectivity index (χ2n) is 3.36. The predicted molar refractivity (Wildman–Crippen MR) is 62.6 cm³/mol. The third-order valence-electron chi connectivity index (χ3n) is 2.20. The number of hydrogen-bond donors (Lipinski definition) is 0. The average Bonchev–Trinajstić information content (AvgIpc) is 2.31. The number of carbonyl (C=O) groups is 1. The van der Waals surface area contributed by atoms with Crippen molar-refractivity contribution in [3.8, 4) is 5.75 Å². The van der Waals surface area contributed by atoms with Gasteiger partial charge in [0.2, 0.25) is 0 Å². The van der Waals surface area contributed by atoms with Crippen LogP contribution in [0.3, 0.4) is 0 Å². The van der Waals surface area contributed by atoms with E-state index in [2.05, 4.69) is 0 Å². The zero-order valence-corrected chi connectivity index (χ0v) is 9.86. The maximum atomic E-state index is 11.0. The highest BCUT2D eigenvalue weighted by molar-refractivity contribution is 5.68. The van der Waals surface area contributed by atoms with Crippen molar-refractivity contribution in [1.82, 2.24) is 0 Å². The molecule has 0 fully saturated rings. The second kappa shape index (κ2) is 6.88. The molecule has 3 heteroatoms.